The monoisotopic (exact) mass is 194 g/mol. The maximum Gasteiger partial charge on any atom is 1.00 e. The molecule has 2 aromatic rings. The fourth-order valence-electron chi connectivity index (χ4n) is 1.47. The van der Waals surface area contributed by atoms with E-state index in [-0.39, 0.29) is 30.2 Å². The predicted molar refractivity (Wildman–Crippen MR) is 49.9 cm³/mol. The van der Waals surface area contributed by atoms with Crippen molar-refractivity contribution >= 4 is 16.7 Å². The summed E-state index contributed by atoms with van der Waals surface area (Å²) < 4.78 is 0. The van der Waals surface area contributed by atoms with Crippen LogP contribution in [0.1, 0.15) is 10.4 Å². The first-order valence-corrected chi connectivity index (χ1v) is 4.12. The molecule has 70 valence electrons. The Morgan fingerprint density at radius 1 is 1.13 bits per heavy atom. The number of phenols is 1. The first-order valence-electron chi connectivity index (χ1n) is 4.12. The van der Waals surface area contributed by atoms with E-state index in [4.69, 9.17) is 0 Å². The summed E-state index contributed by atoms with van der Waals surface area (Å²) in [6, 6.07) is 9.96. The third kappa shape index (κ3) is 1.99. The molecule has 0 aromatic heterocycles. The Kier molecular flexibility index (Phi) is 3.41. The summed E-state index contributed by atoms with van der Waals surface area (Å²) in [4.78, 5) is 10.8. The van der Waals surface area contributed by atoms with Gasteiger partial charge in [-0.25, -0.2) is 0 Å². The number of carbonyl (C=O) groups is 1. The summed E-state index contributed by atoms with van der Waals surface area (Å²) in [6.07, 6.45) is 0. The molecule has 0 radical (unpaired) electrons. The Hall–Kier alpha value is -1.43. The number of carboxylic acid groups (broad SMARTS) is 1. The van der Waals surface area contributed by atoms with Gasteiger partial charge in [-0.05, 0) is 16.8 Å². The van der Waals surface area contributed by atoms with E-state index < -0.39 is 5.97 Å². The van der Waals surface area contributed by atoms with Crippen LogP contribution in [0.4, 0.5) is 0 Å². The topological polar surface area (TPSA) is 60.4 Å². The van der Waals surface area contributed by atoms with Crippen LogP contribution >= 0.6 is 0 Å². The van der Waals surface area contributed by atoms with Gasteiger partial charge in [-0.1, -0.05) is 30.3 Å². The number of carbonyl (C=O) groups excluding carboxylic acids is 1. The van der Waals surface area contributed by atoms with Gasteiger partial charge in [0, 0.05) is 5.56 Å². The van der Waals surface area contributed by atoms with Crippen molar-refractivity contribution in [2.24, 2.45) is 0 Å². The first-order chi connectivity index (χ1) is 6.70. The van der Waals surface area contributed by atoms with Crippen molar-refractivity contribution in [1.82, 2.24) is 0 Å². The molecule has 1 N–H and O–H groups in total. The Labute approximate surface area is 98.5 Å². The van der Waals surface area contributed by atoms with E-state index >= 15 is 0 Å². The van der Waals surface area contributed by atoms with Crippen LogP contribution in [0.2, 0.25) is 0 Å². The van der Waals surface area contributed by atoms with Crippen molar-refractivity contribution < 1.29 is 33.9 Å². The van der Waals surface area contributed by atoms with Crippen LogP contribution in [0.15, 0.2) is 36.4 Å². The zero-order valence-corrected chi connectivity index (χ0v) is 8.23. The zero-order valence-electron chi connectivity index (χ0n) is 8.23. The van der Waals surface area contributed by atoms with Crippen molar-refractivity contribution in [1.29, 1.82) is 0 Å². The average Bonchev–Trinajstić information content (AvgIpc) is 2.17. The van der Waals surface area contributed by atoms with E-state index in [1.165, 1.54) is 6.07 Å². The van der Waals surface area contributed by atoms with Gasteiger partial charge in [-0.3, -0.25) is 0 Å². The standard InChI is InChI=1S/C11H8O3.Li/c12-9-6-5-7-3-1-2-4-8(7)10(9)11(13)14;/h1-6,12H,(H,13,14);/q;+1/p-1. The van der Waals surface area contributed by atoms with E-state index in [9.17, 15) is 15.0 Å². The smallest absolute Gasteiger partial charge is 0.545 e. The van der Waals surface area contributed by atoms with Crippen LogP contribution in [0.25, 0.3) is 10.8 Å². The molecular weight excluding hydrogens is 187 g/mol. The molecule has 0 aliphatic rings. The Balaban J connectivity index is 0.00000112. The van der Waals surface area contributed by atoms with E-state index in [0.717, 1.165) is 5.39 Å². The summed E-state index contributed by atoms with van der Waals surface area (Å²) in [6.45, 7) is 0. The average molecular weight is 194 g/mol. The maximum absolute atomic E-state index is 10.8. The molecule has 0 aliphatic carbocycles. The third-order valence-electron chi connectivity index (χ3n) is 2.11. The molecule has 0 saturated carbocycles. The van der Waals surface area contributed by atoms with Crippen molar-refractivity contribution in [2.75, 3.05) is 0 Å². The summed E-state index contributed by atoms with van der Waals surface area (Å²) in [7, 11) is 0. The fraction of sp³-hybridized carbons (Fsp3) is 0. The minimum absolute atomic E-state index is 0. The van der Waals surface area contributed by atoms with Crippen LogP contribution < -0.4 is 24.0 Å². The molecular formula is C11H7LiO3. The maximum atomic E-state index is 10.8. The number of rotatable bonds is 1. The van der Waals surface area contributed by atoms with Gasteiger partial charge in [0.2, 0.25) is 0 Å². The van der Waals surface area contributed by atoms with Gasteiger partial charge in [-0.15, -0.1) is 0 Å². The second kappa shape index (κ2) is 4.39. The van der Waals surface area contributed by atoms with E-state index in [2.05, 4.69) is 0 Å². The third-order valence-corrected chi connectivity index (χ3v) is 2.11. The molecule has 0 spiro atoms. The Bertz CT molecular complexity index is 508. The minimum Gasteiger partial charge on any atom is -0.545 e. The van der Waals surface area contributed by atoms with Crippen molar-refractivity contribution in [3.63, 3.8) is 0 Å². The molecule has 4 heteroatoms. The summed E-state index contributed by atoms with van der Waals surface area (Å²) >= 11 is 0. The van der Waals surface area contributed by atoms with Gasteiger partial charge in [-0.2, -0.15) is 0 Å². The number of hydrogen-bond acceptors (Lipinski definition) is 3. The molecule has 0 aliphatic heterocycles. The van der Waals surface area contributed by atoms with E-state index in [1.807, 2.05) is 0 Å². The SMILES string of the molecule is O=C([O-])c1c(O)ccc2ccccc12.[Li+]. The van der Waals surface area contributed by atoms with Crippen LogP contribution in [0.3, 0.4) is 0 Å². The second-order valence-corrected chi connectivity index (χ2v) is 2.97. The number of aromatic carboxylic acids is 1. The van der Waals surface area contributed by atoms with Gasteiger partial charge < -0.3 is 15.0 Å². The normalized spacial score (nSPS) is 9.60. The first kappa shape index (κ1) is 11.6. The number of aromatic hydroxyl groups is 1. The van der Waals surface area contributed by atoms with E-state index in [1.54, 1.807) is 30.3 Å². The molecule has 0 fully saturated rings. The number of hydrogen-bond donors (Lipinski definition) is 1. The number of carboxylic acids is 1. The fourth-order valence-corrected chi connectivity index (χ4v) is 1.47. The Morgan fingerprint density at radius 2 is 1.80 bits per heavy atom. The molecule has 3 nitrogen and oxygen atoms in total. The zero-order chi connectivity index (χ0) is 10.1. The molecule has 0 saturated heterocycles. The number of benzene rings is 2. The van der Waals surface area contributed by atoms with Gasteiger partial charge in [0.25, 0.3) is 0 Å². The minimum atomic E-state index is -1.36. The van der Waals surface area contributed by atoms with Crippen LogP contribution in [-0.2, 0) is 0 Å². The van der Waals surface area contributed by atoms with Crippen LogP contribution in [0, 0.1) is 0 Å². The van der Waals surface area contributed by atoms with Gasteiger partial charge in [0.1, 0.15) is 5.75 Å². The van der Waals surface area contributed by atoms with E-state index in [0.29, 0.717) is 5.39 Å². The van der Waals surface area contributed by atoms with Crippen LogP contribution in [-0.4, -0.2) is 11.1 Å². The van der Waals surface area contributed by atoms with Crippen molar-refractivity contribution in [2.45, 2.75) is 0 Å². The quantitative estimate of drug-likeness (QED) is 0.530. The summed E-state index contributed by atoms with van der Waals surface area (Å²) in [5.41, 5.74) is -0.150. The second-order valence-electron chi connectivity index (χ2n) is 2.97. The van der Waals surface area contributed by atoms with Crippen LogP contribution in [0.5, 0.6) is 5.75 Å². The molecule has 0 amide bonds. The Morgan fingerprint density at radius 3 is 2.47 bits per heavy atom. The molecule has 0 bridgehead atoms. The molecule has 0 unspecified atom stereocenters. The van der Waals surface area contributed by atoms with Crippen molar-refractivity contribution in [3.05, 3.63) is 42.0 Å². The molecule has 0 atom stereocenters. The predicted octanol–water partition coefficient (Wildman–Crippen LogP) is -2.09. The van der Waals surface area contributed by atoms with Crippen molar-refractivity contribution in [3.8, 4) is 5.75 Å². The number of fused-ring (bicyclic) bond motifs is 1. The summed E-state index contributed by atoms with van der Waals surface area (Å²) in [5, 5.41) is 21.4. The van der Waals surface area contributed by atoms with Gasteiger partial charge in [0.05, 0.1) is 5.97 Å². The molecule has 2 rings (SSSR count). The largest absolute Gasteiger partial charge is 1.00 e. The molecule has 15 heavy (non-hydrogen) atoms. The summed E-state index contributed by atoms with van der Waals surface area (Å²) in [5.74, 6) is -1.62. The molecule has 0 heterocycles. The van der Waals surface area contributed by atoms with Gasteiger partial charge >= 0.3 is 18.9 Å². The van der Waals surface area contributed by atoms with Gasteiger partial charge in [0.15, 0.2) is 0 Å². The molecule has 2 aromatic carbocycles.